The third kappa shape index (κ3) is 10.1. The molecule has 0 spiro atoms. The van der Waals surface area contributed by atoms with Gasteiger partial charge >= 0.3 is 11.4 Å². The molecule has 8 rings (SSSR count). The van der Waals surface area contributed by atoms with Gasteiger partial charge in [-0.05, 0) is 73.2 Å². The summed E-state index contributed by atoms with van der Waals surface area (Å²) in [6.45, 7) is -0.131. The first kappa shape index (κ1) is 40.3. The van der Waals surface area contributed by atoms with Crippen molar-refractivity contribution in [2.45, 2.75) is 76.3 Å². The van der Waals surface area contributed by atoms with E-state index in [9.17, 15) is 19.2 Å². The zero-order valence-electron chi connectivity index (χ0n) is 32.0. The van der Waals surface area contributed by atoms with Crippen LogP contribution in [0.4, 0.5) is 0 Å². The molecule has 4 aromatic heterocycles. The van der Waals surface area contributed by atoms with Gasteiger partial charge in [0, 0.05) is 37.0 Å². The molecule has 0 saturated heterocycles. The van der Waals surface area contributed by atoms with E-state index in [1.165, 1.54) is 38.5 Å². The zero-order valence-corrected chi connectivity index (χ0v) is 32.0. The minimum absolute atomic E-state index is 0. The summed E-state index contributed by atoms with van der Waals surface area (Å²) in [5.74, 6) is -0.101. The number of oxime groups is 2. The molecule has 2 fully saturated rings. The first-order valence-corrected chi connectivity index (χ1v) is 19.1. The number of nitrogens with zero attached hydrogens (tertiary/aromatic N) is 6. The second-order valence-corrected chi connectivity index (χ2v) is 14.4. The lowest BCUT2D eigenvalue weighted by molar-refractivity contribution is -0.138. The summed E-state index contributed by atoms with van der Waals surface area (Å²) in [6.07, 6.45) is 14.6. The number of imidazole rings is 2. The SMILES string of the molecule is CN(C(=O)CO/N=C/c1ccc2nc3[nH]c(=O)[nH]c3cc2c1)C1CCCCC1.CN(C(=O)CO/N=C/c1ccc2nc3[nH]c(=O)[nH]c3cc2c1)C1CCCCC1.O. The second kappa shape index (κ2) is 18.5. The average Bonchev–Trinajstić information content (AvgIpc) is 3.78. The summed E-state index contributed by atoms with van der Waals surface area (Å²) in [6, 6.07) is 15.6. The van der Waals surface area contributed by atoms with E-state index >= 15 is 0 Å². The van der Waals surface area contributed by atoms with Crippen molar-refractivity contribution in [1.82, 2.24) is 39.7 Å². The van der Waals surface area contributed by atoms with Gasteiger partial charge in [0.25, 0.3) is 11.8 Å². The number of H-pyrrole nitrogens is 4. The molecule has 2 amide bonds. The normalized spacial score (nSPS) is 15.2. The van der Waals surface area contributed by atoms with Gasteiger partial charge in [-0.1, -0.05) is 61.0 Å². The highest BCUT2D eigenvalue weighted by Crippen LogP contribution is 2.23. The predicted octanol–water partition coefficient (Wildman–Crippen LogP) is 4.27. The first-order valence-electron chi connectivity index (χ1n) is 19.1. The van der Waals surface area contributed by atoms with Gasteiger partial charge in [0.2, 0.25) is 0 Å². The molecule has 0 bridgehead atoms. The lowest BCUT2D eigenvalue weighted by Gasteiger charge is -2.30. The topological polar surface area (TPSA) is 238 Å². The summed E-state index contributed by atoms with van der Waals surface area (Å²) in [5.41, 5.74) is 4.98. The average molecular weight is 781 g/mol. The van der Waals surface area contributed by atoms with E-state index in [-0.39, 0.29) is 41.9 Å². The number of pyridine rings is 2. The molecule has 17 heteroatoms. The molecule has 57 heavy (non-hydrogen) atoms. The molecule has 6 aromatic rings. The Morgan fingerprint density at radius 1 is 0.649 bits per heavy atom. The van der Waals surface area contributed by atoms with Crippen molar-refractivity contribution in [2.24, 2.45) is 10.3 Å². The number of aromatic amines is 4. The highest BCUT2D eigenvalue weighted by molar-refractivity contribution is 5.94. The lowest BCUT2D eigenvalue weighted by Crippen LogP contribution is -2.40. The van der Waals surface area contributed by atoms with Gasteiger partial charge < -0.3 is 34.9 Å². The summed E-state index contributed by atoms with van der Waals surface area (Å²) in [5, 5.41) is 9.60. The highest BCUT2D eigenvalue weighted by atomic mass is 16.6. The van der Waals surface area contributed by atoms with Gasteiger partial charge in [-0.3, -0.25) is 19.6 Å². The molecule has 2 aliphatic rings. The maximum atomic E-state index is 12.2. The molecule has 6 N–H and O–H groups in total. The minimum Gasteiger partial charge on any atom is -0.412 e. The van der Waals surface area contributed by atoms with Crippen molar-refractivity contribution in [1.29, 1.82) is 0 Å². The number of carbonyl (C=O) groups excluding carboxylic acids is 2. The van der Waals surface area contributed by atoms with E-state index in [0.29, 0.717) is 34.4 Å². The Morgan fingerprint density at radius 3 is 1.46 bits per heavy atom. The quantitative estimate of drug-likeness (QED) is 0.115. The van der Waals surface area contributed by atoms with E-state index in [4.69, 9.17) is 9.68 Å². The Bertz CT molecular complexity index is 2330. The third-order valence-corrected chi connectivity index (χ3v) is 10.6. The minimum atomic E-state index is -0.282. The number of aromatic nitrogens is 6. The molecule has 2 aromatic carbocycles. The van der Waals surface area contributed by atoms with Crippen molar-refractivity contribution in [3.63, 3.8) is 0 Å². The van der Waals surface area contributed by atoms with E-state index in [2.05, 4.69) is 40.2 Å². The van der Waals surface area contributed by atoms with E-state index in [1.807, 2.05) is 62.6 Å². The Morgan fingerprint density at radius 2 is 1.05 bits per heavy atom. The van der Waals surface area contributed by atoms with Crippen LogP contribution in [0.15, 0.2) is 68.4 Å². The van der Waals surface area contributed by atoms with Crippen LogP contribution in [0.3, 0.4) is 0 Å². The first-order chi connectivity index (χ1) is 27.2. The monoisotopic (exact) mass is 780 g/mol. The largest absolute Gasteiger partial charge is 0.412 e. The molecular weight excluding hydrogens is 733 g/mol. The molecule has 0 atom stereocenters. The number of nitrogens with one attached hydrogen (secondary N) is 4. The zero-order chi connectivity index (χ0) is 39.0. The summed E-state index contributed by atoms with van der Waals surface area (Å²) < 4.78 is 0. The number of rotatable bonds is 10. The van der Waals surface area contributed by atoms with E-state index in [0.717, 1.165) is 58.6 Å². The number of likely N-dealkylation sites (N-methyl/N-ethyl adjacent to an activating group) is 2. The smallest absolute Gasteiger partial charge is 0.325 e. The molecule has 2 aliphatic carbocycles. The van der Waals surface area contributed by atoms with E-state index < -0.39 is 0 Å². The van der Waals surface area contributed by atoms with Crippen molar-refractivity contribution in [2.75, 3.05) is 27.3 Å². The van der Waals surface area contributed by atoms with Crippen molar-refractivity contribution < 1.29 is 24.7 Å². The van der Waals surface area contributed by atoms with Gasteiger partial charge in [-0.15, -0.1) is 0 Å². The number of hydrogen-bond acceptors (Lipinski definition) is 10. The maximum absolute atomic E-state index is 12.2. The van der Waals surface area contributed by atoms with Gasteiger partial charge in [0.1, 0.15) is 0 Å². The van der Waals surface area contributed by atoms with Crippen LogP contribution < -0.4 is 11.4 Å². The van der Waals surface area contributed by atoms with Gasteiger partial charge in [-0.2, -0.15) is 0 Å². The number of amides is 2. The third-order valence-electron chi connectivity index (χ3n) is 10.6. The standard InChI is InChI=1S/2C20H23N5O3.H2O/c2*1-25(15-5-3-2-4-6-15)18(26)12-28-21-11-13-7-8-16-14(9-13)10-17-19(22-16)24-20(27)23-17;/h2*7-11,15H,2-6,12H2,1H3,(H2,22,23,24,27);1H2/b2*21-11+;. The van der Waals surface area contributed by atoms with Crippen molar-refractivity contribution in [3.05, 3.63) is 80.6 Å². The molecular formula is C40H48N10O7. The van der Waals surface area contributed by atoms with Crippen LogP contribution >= 0.6 is 0 Å². The van der Waals surface area contributed by atoms with Crippen LogP contribution in [0.2, 0.25) is 0 Å². The Hall–Kier alpha value is -6.36. The van der Waals surface area contributed by atoms with Crippen molar-refractivity contribution >= 4 is 68.4 Å². The highest BCUT2D eigenvalue weighted by Gasteiger charge is 2.23. The van der Waals surface area contributed by atoms with Crippen LogP contribution in [0.1, 0.15) is 75.3 Å². The molecule has 17 nitrogen and oxygen atoms in total. The van der Waals surface area contributed by atoms with E-state index in [1.54, 1.807) is 22.2 Å². The Kier molecular flexibility index (Phi) is 13.1. The Balaban J connectivity index is 0.000000189. The van der Waals surface area contributed by atoms with Gasteiger partial charge in [-0.25, -0.2) is 19.6 Å². The summed E-state index contributed by atoms with van der Waals surface area (Å²) in [4.78, 5) is 80.8. The van der Waals surface area contributed by atoms with Crippen molar-refractivity contribution in [3.8, 4) is 0 Å². The predicted molar refractivity (Wildman–Crippen MR) is 218 cm³/mol. The van der Waals surface area contributed by atoms with Gasteiger partial charge in [0.15, 0.2) is 24.5 Å². The van der Waals surface area contributed by atoms with Crippen LogP contribution in [0.5, 0.6) is 0 Å². The molecule has 300 valence electrons. The number of hydrogen-bond donors (Lipinski definition) is 4. The fraction of sp³-hybridized carbons (Fsp3) is 0.400. The number of fused-ring (bicyclic) bond motifs is 4. The summed E-state index contributed by atoms with van der Waals surface area (Å²) >= 11 is 0. The summed E-state index contributed by atoms with van der Waals surface area (Å²) in [7, 11) is 3.68. The molecule has 0 unspecified atom stereocenters. The number of carbonyl (C=O) groups is 2. The fourth-order valence-electron chi connectivity index (χ4n) is 7.38. The molecule has 2 saturated carbocycles. The second-order valence-electron chi connectivity index (χ2n) is 14.4. The Labute approximate surface area is 326 Å². The van der Waals surface area contributed by atoms with Gasteiger partial charge in [0.05, 0.1) is 34.5 Å². The van der Waals surface area contributed by atoms with Crippen LogP contribution in [-0.2, 0) is 19.3 Å². The molecule has 0 radical (unpaired) electrons. The van der Waals surface area contributed by atoms with Crippen LogP contribution in [0, 0.1) is 0 Å². The molecule has 0 aliphatic heterocycles. The maximum Gasteiger partial charge on any atom is 0.325 e. The molecule has 4 heterocycles. The number of benzene rings is 2. The van der Waals surface area contributed by atoms with Crippen LogP contribution in [-0.4, -0.2) is 109 Å². The van der Waals surface area contributed by atoms with Crippen LogP contribution in [0.25, 0.3) is 44.1 Å². The lowest BCUT2D eigenvalue weighted by atomic mass is 9.94. The fourth-order valence-corrected chi connectivity index (χ4v) is 7.38.